The van der Waals surface area contributed by atoms with Crippen LogP contribution in [0.2, 0.25) is 0 Å². The van der Waals surface area contributed by atoms with Crippen LogP contribution < -0.4 is 0 Å². The predicted molar refractivity (Wildman–Crippen MR) is 339 cm³/mol. The molecule has 0 aromatic heterocycles. The summed E-state index contributed by atoms with van der Waals surface area (Å²) < 4.78 is 16.8. The SMILES string of the molecule is CC/C=C\C/C=C\C/C=C\C/C=C\C/C=C\C/C=C\C/C=C\C/C=C\C/C=C\CCCC(=O)OCC(COC(=O)CCCCCCC/C=C\CCC)OC(=O)CCCCCCCCCCCCCCCCCCCCCCC. The fourth-order valence-corrected chi connectivity index (χ4v) is 8.86. The van der Waals surface area contributed by atoms with E-state index in [9.17, 15) is 14.4 Å². The molecule has 0 heterocycles. The molecule has 0 amide bonds. The number of hydrogen-bond donors (Lipinski definition) is 0. The smallest absolute Gasteiger partial charge is 0.306 e. The van der Waals surface area contributed by atoms with Gasteiger partial charge in [-0.25, -0.2) is 0 Å². The van der Waals surface area contributed by atoms with Crippen molar-refractivity contribution in [3.63, 3.8) is 0 Å². The Hall–Kier alpha value is -4.19. The van der Waals surface area contributed by atoms with Gasteiger partial charge >= 0.3 is 17.9 Å². The highest BCUT2D eigenvalue weighted by Crippen LogP contribution is 2.16. The third-order valence-corrected chi connectivity index (χ3v) is 13.7. The maximum Gasteiger partial charge on any atom is 0.306 e. The molecule has 0 radical (unpaired) electrons. The van der Waals surface area contributed by atoms with Crippen molar-refractivity contribution < 1.29 is 28.6 Å². The van der Waals surface area contributed by atoms with E-state index in [1.54, 1.807) is 0 Å². The van der Waals surface area contributed by atoms with Gasteiger partial charge in [-0.15, -0.1) is 0 Å². The second-order valence-corrected chi connectivity index (χ2v) is 21.3. The monoisotopic (exact) mass is 1080 g/mol. The zero-order valence-electron chi connectivity index (χ0n) is 50.9. The summed E-state index contributed by atoms with van der Waals surface area (Å²) in [6, 6.07) is 0. The summed E-state index contributed by atoms with van der Waals surface area (Å²) in [5, 5.41) is 0. The van der Waals surface area contributed by atoms with Gasteiger partial charge in [-0.3, -0.25) is 14.4 Å². The molecule has 0 aliphatic rings. The molecule has 0 aromatic rings. The number of hydrogen-bond acceptors (Lipinski definition) is 6. The van der Waals surface area contributed by atoms with E-state index >= 15 is 0 Å². The maximum atomic E-state index is 12.9. The highest BCUT2D eigenvalue weighted by atomic mass is 16.6. The van der Waals surface area contributed by atoms with Crippen LogP contribution in [0.5, 0.6) is 0 Å². The van der Waals surface area contributed by atoms with Crippen LogP contribution in [0.4, 0.5) is 0 Å². The zero-order valence-corrected chi connectivity index (χ0v) is 50.9. The molecule has 0 N–H and O–H groups in total. The predicted octanol–water partition coefficient (Wildman–Crippen LogP) is 22.4. The molecule has 0 aromatic carbocycles. The van der Waals surface area contributed by atoms with E-state index in [0.29, 0.717) is 19.3 Å². The normalized spacial score (nSPS) is 12.9. The first-order chi connectivity index (χ1) is 38.5. The average Bonchev–Trinajstić information content (AvgIpc) is 3.44. The van der Waals surface area contributed by atoms with E-state index in [0.717, 1.165) is 122 Å². The van der Waals surface area contributed by atoms with E-state index < -0.39 is 6.10 Å². The Morgan fingerprint density at radius 2 is 0.538 bits per heavy atom. The highest BCUT2D eigenvalue weighted by Gasteiger charge is 2.19. The first-order valence-corrected chi connectivity index (χ1v) is 32.5. The Kier molecular flexibility index (Phi) is 61.8. The second-order valence-electron chi connectivity index (χ2n) is 21.3. The molecule has 444 valence electrons. The lowest BCUT2D eigenvalue weighted by Gasteiger charge is -2.18. The molecule has 0 fully saturated rings. The quantitative estimate of drug-likeness (QED) is 0.0261. The van der Waals surface area contributed by atoms with Crippen molar-refractivity contribution in [1.29, 1.82) is 0 Å². The number of ether oxygens (including phenoxy) is 3. The number of carbonyl (C=O) groups is 3. The lowest BCUT2D eigenvalue weighted by atomic mass is 10.0. The minimum atomic E-state index is -0.806. The minimum Gasteiger partial charge on any atom is -0.462 e. The van der Waals surface area contributed by atoms with Crippen LogP contribution >= 0.6 is 0 Å². The van der Waals surface area contributed by atoms with E-state index in [1.807, 2.05) is 0 Å². The van der Waals surface area contributed by atoms with Gasteiger partial charge in [-0.1, -0.05) is 296 Å². The first kappa shape index (κ1) is 73.8. The molecule has 1 unspecified atom stereocenters. The van der Waals surface area contributed by atoms with Gasteiger partial charge in [-0.2, -0.15) is 0 Å². The minimum absolute atomic E-state index is 0.100. The molecule has 6 nitrogen and oxygen atoms in total. The van der Waals surface area contributed by atoms with Crippen LogP contribution in [0.1, 0.15) is 297 Å². The Morgan fingerprint density at radius 3 is 0.897 bits per heavy atom. The average molecular weight is 1080 g/mol. The molecule has 6 heteroatoms. The lowest BCUT2D eigenvalue weighted by molar-refractivity contribution is -0.167. The summed E-state index contributed by atoms with van der Waals surface area (Å²) in [6.07, 6.45) is 90.8. The summed E-state index contributed by atoms with van der Waals surface area (Å²) >= 11 is 0. The summed E-state index contributed by atoms with van der Waals surface area (Å²) in [4.78, 5) is 38.2. The van der Waals surface area contributed by atoms with E-state index in [-0.39, 0.29) is 37.5 Å². The molecule has 1 atom stereocenters. The Labute approximate surface area is 482 Å². The van der Waals surface area contributed by atoms with Crippen LogP contribution in [0.15, 0.2) is 122 Å². The molecule has 0 saturated heterocycles. The van der Waals surface area contributed by atoms with E-state index in [2.05, 4.69) is 142 Å². The van der Waals surface area contributed by atoms with Crippen molar-refractivity contribution in [2.24, 2.45) is 0 Å². The summed E-state index contributed by atoms with van der Waals surface area (Å²) in [5.41, 5.74) is 0. The van der Waals surface area contributed by atoms with E-state index in [4.69, 9.17) is 14.2 Å². The fourth-order valence-electron chi connectivity index (χ4n) is 8.86. The number of carbonyl (C=O) groups excluding carboxylic acids is 3. The van der Waals surface area contributed by atoms with Gasteiger partial charge in [0.15, 0.2) is 6.10 Å². The van der Waals surface area contributed by atoms with Gasteiger partial charge in [0.2, 0.25) is 0 Å². The first-order valence-electron chi connectivity index (χ1n) is 32.5. The molecule has 0 saturated carbocycles. The van der Waals surface area contributed by atoms with Crippen molar-refractivity contribution in [2.45, 2.75) is 303 Å². The van der Waals surface area contributed by atoms with Gasteiger partial charge in [0.05, 0.1) is 0 Å². The summed E-state index contributed by atoms with van der Waals surface area (Å²) in [5.74, 6) is -0.966. The zero-order chi connectivity index (χ0) is 56.4. The topological polar surface area (TPSA) is 78.9 Å². The van der Waals surface area contributed by atoms with Crippen molar-refractivity contribution in [3.8, 4) is 0 Å². The molecule has 0 rings (SSSR count). The van der Waals surface area contributed by atoms with Crippen LogP contribution in [0.25, 0.3) is 0 Å². The lowest BCUT2D eigenvalue weighted by Crippen LogP contribution is -2.30. The van der Waals surface area contributed by atoms with E-state index in [1.165, 1.54) is 128 Å². The van der Waals surface area contributed by atoms with Gasteiger partial charge in [0, 0.05) is 19.3 Å². The number of unbranched alkanes of at least 4 members (excludes halogenated alkanes) is 27. The Morgan fingerprint density at radius 1 is 0.269 bits per heavy atom. The van der Waals surface area contributed by atoms with Crippen molar-refractivity contribution in [2.75, 3.05) is 13.2 Å². The molecule has 0 spiro atoms. The number of rotatable bonds is 58. The molecule has 0 aliphatic heterocycles. The number of allylic oxidation sites excluding steroid dienone is 20. The van der Waals surface area contributed by atoms with Gasteiger partial charge in [0.25, 0.3) is 0 Å². The fraction of sp³-hybridized carbons (Fsp3) is 0.681. The standard InChI is InChI=1S/C72H120O6/c1-4-7-10-13-16-19-22-24-26-28-30-32-33-34-35-36-37-38-39-41-42-44-46-48-50-53-56-59-62-65-71(74)77-68-69(67-76-70(73)64-61-58-55-52-21-18-15-12-9-6-3)78-72(75)66-63-60-57-54-51-49-47-45-43-40-31-29-27-25-23-20-17-14-11-8-5-2/h7,10,12,15-16,19,24,26,30,32,34-35,37-38,41-42,46,48,53,56,69H,4-6,8-9,11,13-14,17-18,20-23,25,27-29,31,33,36,39-40,43-45,47,49-52,54-55,57-68H2,1-3H3/b10-7-,15-12-,19-16-,26-24-,32-30-,35-34-,38-37-,42-41-,48-46-,56-53-. The van der Waals surface area contributed by atoms with Crippen molar-refractivity contribution in [3.05, 3.63) is 122 Å². The highest BCUT2D eigenvalue weighted by molar-refractivity contribution is 5.71. The van der Waals surface area contributed by atoms with Gasteiger partial charge < -0.3 is 14.2 Å². The molecular formula is C72H120O6. The largest absolute Gasteiger partial charge is 0.462 e. The molecule has 0 aliphatic carbocycles. The summed E-state index contributed by atoms with van der Waals surface area (Å²) in [6.45, 7) is 6.43. The van der Waals surface area contributed by atoms with Crippen LogP contribution in [-0.2, 0) is 28.6 Å². The van der Waals surface area contributed by atoms with Crippen molar-refractivity contribution >= 4 is 17.9 Å². The second kappa shape index (κ2) is 65.3. The van der Waals surface area contributed by atoms with Gasteiger partial charge in [0.1, 0.15) is 13.2 Å². The maximum absolute atomic E-state index is 12.9. The molecule has 0 bridgehead atoms. The van der Waals surface area contributed by atoms with Crippen LogP contribution in [-0.4, -0.2) is 37.2 Å². The number of esters is 3. The Bertz CT molecular complexity index is 1620. The van der Waals surface area contributed by atoms with Crippen LogP contribution in [0.3, 0.4) is 0 Å². The van der Waals surface area contributed by atoms with Crippen molar-refractivity contribution in [1.82, 2.24) is 0 Å². The van der Waals surface area contributed by atoms with Gasteiger partial charge in [-0.05, 0) is 103 Å². The molecular weight excluding hydrogens is 961 g/mol. The third-order valence-electron chi connectivity index (χ3n) is 13.7. The van der Waals surface area contributed by atoms with Crippen LogP contribution in [0, 0.1) is 0 Å². The third kappa shape index (κ3) is 62.7. The summed E-state index contributed by atoms with van der Waals surface area (Å²) in [7, 11) is 0. The molecule has 78 heavy (non-hydrogen) atoms. The Balaban J connectivity index is 4.35.